The Bertz CT molecular complexity index is 553. The molecule has 0 unspecified atom stereocenters. The average Bonchev–Trinajstić information content (AvgIpc) is 3.10. The summed E-state index contributed by atoms with van der Waals surface area (Å²) in [6.07, 6.45) is 3.73. The number of carbonyl (C=O) groups is 2. The van der Waals surface area contributed by atoms with E-state index in [0.29, 0.717) is 5.56 Å². The van der Waals surface area contributed by atoms with Crippen LogP contribution in [0.4, 0.5) is 0 Å². The number of pyridine rings is 1. The van der Waals surface area contributed by atoms with Gasteiger partial charge in [0.25, 0.3) is 5.91 Å². The molecule has 24 heavy (non-hydrogen) atoms. The SMILES string of the molecule is C[C@@H](O)[C@H](NC(=O)c1ccc(CCN2CCCC2)nc1)C(=O)CO. The maximum absolute atomic E-state index is 12.2. The summed E-state index contributed by atoms with van der Waals surface area (Å²) in [5.74, 6) is -1.13. The molecule has 0 aliphatic carbocycles. The summed E-state index contributed by atoms with van der Waals surface area (Å²) >= 11 is 0. The van der Waals surface area contributed by atoms with Gasteiger partial charge in [0.15, 0.2) is 5.78 Å². The molecule has 1 saturated heterocycles. The third kappa shape index (κ3) is 5.09. The number of nitrogens with zero attached hydrogens (tertiary/aromatic N) is 2. The molecule has 1 aromatic heterocycles. The highest BCUT2D eigenvalue weighted by atomic mass is 16.3. The van der Waals surface area contributed by atoms with Gasteiger partial charge >= 0.3 is 0 Å². The maximum Gasteiger partial charge on any atom is 0.253 e. The van der Waals surface area contributed by atoms with E-state index in [0.717, 1.165) is 31.7 Å². The van der Waals surface area contributed by atoms with Gasteiger partial charge in [-0.15, -0.1) is 0 Å². The lowest BCUT2D eigenvalue weighted by Gasteiger charge is -2.19. The zero-order valence-electron chi connectivity index (χ0n) is 13.9. The number of aliphatic hydroxyl groups excluding tert-OH is 2. The van der Waals surface area contributed by atoms with Crippen LogP contribution in [0.3, 0.4) is 0 Å². The first-order valence-electron chi connectivity index (χ1n) is 8.31. The predicted octanol–water partition coefficient (Wildman–Crippen LogP) is -0.240. The van der Waals surface area contributed by atoms with E-state index in [1.165, 1.54) is 26.0 Å². The second kappa shape index (κ2) is 8.86. The Morgan fingerprint density at radius 3 is 2.58 bits per heavy atom. The molecule has 132 valence electrons. The largest absolute Gasteiger partial charge is 0.391 e. The van der Waals surface area contributed by atoms with Crippen molar-refractivity contribution in [1.29, 1.82) is 0 Å². The van der Waals surface area contributed by atoms with Gasteiger partial charge in [-0.25, -0.2) is 0 Å². The predicted molar refractivity (Wildman–Crippen MR) is 88.6 cm³/mol. The summed E-state index contributed by atoms with van der Waals surface area (Å²) in [5.41, 5.74) is 1.23. The second-order valence-corrected chi connectivity index (χ2v) is 6.15. The first-order chi connectivity index (χ1) is 11.5. The number of carbonyl (C=O) groups excluding carboxylic acids is 2. The molecule has 7 heteroatoms. The molecule has 2 atom stereocenters. The van der Waals surface area contributed by atoms with Crippen molar-refractivity contribution in [1.82, 2.24) is 15.2 Å². The van der Waals surface area contributed by atoms with Crippen LogP contribution in [0.15, 0.2) is 18.3 Å². The van der Waals surface area contributed by atoms with Gasteiger partial charge in [0, 0.05) is 24.9 Å². The van der Waals surface area contributed by atoms with Crippen LogP contribution in [0.25, 0.3) is 0 Å². The van der Waals surface area contributed by atoms with Crippen LogP contribution in [0, 0.1) is 0 Å². The van der Waals surface area contributed by atoms with E-state index in [1.807, 2.05) is 0 Å². The van der Waals surface area contributed by atoms with Gasteiger partial charge in [0.1, 0.15) is 12.6 Å². The topological polar surface area (TPSA) is 103 Å². The van der Waals surface area contributed by atoms with E-state index < -0.39 is 30.4 Å². The number of nitrogens with one attached hydrogen (secondary N) is 1. The molecule has 0 bridgehead atoms. The minimum atomic E-state index is -1.13. The van der Waals surface area contributed by atoms with Crippen LogP contribution in [0.2, 0.25) is 0 Å². The standard InChI is InChI=1S/C17H25N3O4/c1-12(22)16(15(23)11-21)19-17(24)13-4-5-14(18-10-13)6-9-20-7-2-3-8-20/h4-5,10,12,16,21-22H,2-3,6-9,11H2,1H3,(H,19,24)/t12-,16+/m1/s1. The molecule has 1 aliphatic rings. The molecule has 0 aromatic carbocycles. The van der Waals surface area contributed by atoms with Crippen molar-refractivity contribution in [2.45, 2.75) is 38.3 Å². The molecule has 1 aromatic rings. The van der Waals surface area contributed by atoms with Gasteiger partial charge in [-0.3, -0.25) is 14.6 Å². The zero-order chi connectivity index (χ0) is 17.5. The quantitative estimate of drug-likeness (QED) is 0.606. The Hall–Kier alpha value is -1.83. The van der Waals surface area contributed by atoms with Gasteiger partial charge in [0.2, 0.25) is 0 Å². The third-order valence-corrected chi connectivity index (χ3v) is 4.24. The Balaban J connectivity index is 1.91. The Labute approximate surface area is 141 Å². The molecule has 0 saturated carbocycles. The first-order valence-corrected chi connectivity index (χ1v) is 8.31. The van der Waals surface area contributed by atoms with E-state index in [-0.39, 0.29) is 0 Å². The van der Waals surface area contributed by atoms with Crippen LogP contribution in [0.5, 0.6) is 0 Å². The van der Waals surface area contributed by atoms with Crippen LogP contribution < -0.4 is 5.32 Å². The number of Topliss-reactive ketones (excluding diaryl/α,β-unsaturated/α-hetero) is 1. The Kier molecular flexibility index (Phi) is 6.84. The summed E-state index contributed by atoms with van der Waals surface area (Å²) in [7, 11) is 0. The lowest BCUT2D eigenvalue weighted by molar-refractivity contribution is -0.125. The van der Waals surface area contributed by atoms with Crippen LogP contribution in [0.1, 0.15) is 35.8 Å². The number of hydrogen-bond acceptors (Lipinski definition) is 6. The highest BCUT2D eigenvalue weighted by molar-refractivity contribution is 5.98. The summed E-state index contributed by atoms with van der Waals surface area (Å²) in [6, 6.07) is 2.33. The van der Waals surface area contributed by atoms with Crippen LogP contribution >= 0.6 is 0 Å². The van der Waals surface area contributed by atoms with Gasteiger partial charge in [-0.2, -0.15) is 0 Å². The summed E-state index contributed by atoms with van der Waals surface area (Å²) in [4.78, 5) is 30.4. The number of hydrogen-bond donors (Lipinski definition) is 3. The Morgan fingerprint density at radius 2 is 2.04 bits per heavy atom. The number of ketones is 1. The van der Waals surface area contributed by atoms with E-state index in [2.05, 4.69) is 15.2 Å². The van der Waals surface area contributed by atoms with Crippen molar-refractivity contribution in [3.8, 4) is 0 Å². The Morgan fingerprint density at radius 1 is 1.33 bits per heavy atom. The third-order valence-electron chi connectivity index (χ3n) is 4.24. The first kappa shape index (κ1) is 18.5. The zero-order valence-corrected chi connectivity index (χ0v) is 13.9. The molecule has 0 spiro atoms. The van der Waals surface area contributed by atoms with Gasteiger partial charge in [-0.1, -0.05) is 0 Å². The minimum Gasteiger partial charge on any atom is -0.391 e. The molecular formula is C17H25N3O4. The molecule has 2 rings (SSSR count). The lowest BCUT2D eigenvalue weighted by atomic mass is 10.1. The van der Waals surface area contributed by atoms with Gasteiger partial charge < -0.3 is 20.4 Å². The molecule has 1 aliphatic heterocycles. The van der Waals surface area contributed by atoms with Crippen molar-refractivity contribution >= 4 is 11.7 Å². The second-order valence-electron chi connectivity index (χ2n) is 6.15. The van der Waals surface area contributed by atoms with Crippen molar-refractivity contribution in [2.75, 3.05) is 26.2 Å². The van der Waals surface area contributed by atoms with Crippen molar-refractivity contribution in [3.05, 3.63) is 29.6 Å². The normalized spacial score (nSPS) is 17.5. The average molecular weight is 335 g/mol. The van der Waals surface area contributed by atoms with E-state index in [9.17, 15) is 14.7 Å². The maximum atomic E-state index is 12.2. The highest BCUT2D eigenvalue weighted by Gasteiger charge is 2.25. The molecule has 0 radical (unpaired) electrons. The van der Waals surface area contributed by atoms with E-state index >= 15 is 0 Å². The van der Waals surface area contributed by atoms with Crippen molar-refractivity contribution in [3.63, 3.8) is 0 Å². The highest BCUT2D eigenvalue weighted by Crippen LogP contribution is 2.09. The number of likely N-dealkylation sites (tertiary alicyclic amines) is 1. The van der Waals surface area contributed by atoms with E-state index in [4.69, 9.17) is 5.11 Å². The summed E-state index contributed by atoms with van der Waals surface area (Å²) < 4.78 is 0. The molecule has 1 fully saturated rings. The van der Waals surface area contributed by atoms with Crippen molar-refractivity contribution < 1.29 is 19.8 Å². The fourth-order valence-electron chi connectivity index (χ4n) is 2.78. The molecule has 3 N–H and O–H groups in total. The number of aromatic nitrogens is 1. The summed E-state index contributed by atoms with van der Waals surface area (Å²) in [6.45, 7) is 3.90. The molecule has 2 heterocycles. The molecule has 1 amide bonds. The van der Waals surface area contributed by atoms with Crippen molar-refractivity contribution in [2.24, 2.45) is 0 Å². The number of rotatable bonds is 8. The number of amides is 1. The fraction of sp³-hybridized carbons (Fsp3) is 0.588. The van der Waals surface area contributed by atoms with Crippen LogP contribution in [-0.2, 0) is 11.2 Å². The molecular weight excluding hydrogens is 310 g/mol. The fourth-order valence-corrected chi connectivity index (χ4v) is 2.78. The summed E-state index contributed by atoms with van der Waals surface area (Å²) in [5, 5.41) is 20.9. The molecule has 7 nitrogen and oxygen atoms in total. The van der Waals surface area contributed by atoms with E-state index in [1.54, 1.807) is 12.1 Å². The van der Waals surface area contributed by atoms with Gasteiger partial charge in [-0.05, 0) is 45.0 Å². The monoisotopic (exact) mass is 335 g/mol. The smallest absolute Gasteiger partial charge is 0.253 e. The van der Waals surface area contributed by atoms with Gasteiger partial charge in [0.05, 0.1) is 11.7 Å². The van der Waals surface area contributed by atoms with Crippen LogP contribution in [-0.4, -0.2) is 70.2 Å². The number of aliphatic hydroxyl groups is 2. The lowest BCUT2D eigenvalue weighted by Crippen LogP contribution is -2.48. The minimum absolute atomic E-state index is 0.316.